The number of nitrogens with two attached hydrogens (primary N) is 1. The van der Waals surface area contributed by atoms with E-state index in [1.807, 2.05) is 0 Å². The number of nitrogens with one attached hydrogen (secondary N) is 1. The normalized spacial score (nSPS) is 14.8. The van der Waals surface area contributed by atoms with Gasteiger partial charge in [0.05, 0.1) is 23.3 Å². The van der Waals surface area contributed by atoms with Crippen molar-refractivity contribution >= 4 is 29.1 Å². The van der Waals surface area contributed by atoms with Crippen LogP contribution in [0.4, 0.5) is 29.2 Å². The molecular weight excluding hydrogens is 464 g/mol. The average Bonchev–Trinajstić information content (AvgIpc) is 3.13. The topological polar surface area (TPSA) is 89.1 Å². The number of carbonyl (C=O) groups is 1. The number of fused-ring (bicyclic) bond motifs is 1. The molecule has 0 aliphatic carbocycles. The van der Waals surface area contributed by atoms with E-state index in [1.165, 1.54) is 0 Å². The number of nitrogens with zero attached hydrogens (tertiary/aromatic N) is 4. The molecule has 7 nitrogen and oxygen atoms in total. The van der Waals surface area contributed by atoms with E-state index in [0.717, 1.165) is 24.4 Å². The van der Waals surface area contributed by atoms with Crippen LogP contribution in [0, 0.1) is 23.3 Å². The lowest BCUT2D eigenvalue weighted by Gasteiger charge is -2.42. The molecule has 0 unspecified atom stereocenters. The van der Waals surface area contributed by atoms with Gasteiger partial charge in [0.15, 0.2) is 17.5 Å². The number of anilines is 2. The van der Waals surface area contributed by atoms with Gasteiger partial charge < -0.3 is 20.5 Å². The van der Waals surface area contributed by atoms with Gasteiger partial charge in [-0.2, -0.15) is 0 Å². The second-order valence-corrected chi connectivity index (χ2v) is 8.36. The predicted octanol–water partition coefficient (Wildman–Crippen LogP) is 3.93. The van der Waals surface area contributed by atoms with Crippen LogP contribution < -0.4 is 11.1 Å². The Kier molecular flexibility index (Phi) is 5.79. The fourth-order valence-electron chi connectivity index (χ4n) is 3.91. The third kappa shape index (κ3) is 3.91. The fourth-order valence-corrected chi connectivity index (χ4v) is 4.01. The first-order valence-corrected chi connectivity index (χ1v) is 10.3. The Bertz CT molecular complexity index is 1240. The Morgan fingerprint density at radius 2 is 1.82 bits per heavy atom. The van der Waals surface area contributed by atoms with Gasteiger partial charge in [-0.1, -0.05) is 11.6 Å². The maximum atomic E-state index is 14.0. The van der Waals surface area contributed by atoms with Crippen LogP contribution in [0.1, 0.15) is 19.7 Å². The van der Waals surface area contributed by atoms with Crippen molar-refractivity contribution in [1.82, 2.24) is 19.4 Å². The first kappa shape index (κ1) is 23.0. The summed E-state index contributed by atoms with van der Waals surface area (Å²) in [5, 5.41) is 2.74. The second kappa shape index (κ2) is 8.31. The summed E-state index contributed by atoms with van der Waals surface area (Å²) >= 11 is 5.70. The van der Waals surface area contributed by atoms with Crippen LogP contribution >= 0.6 is 11.6 Å². The second-order valence-electron chi connectivity index (χ2n) is 7.96. The Hall–Kier alpha value is -3.18. The zero-order valence-corrected chi connectivity index (χ0v) is 18.4. The summed E-state index contributed by atoms with van der Waals surface area (Å²) in [6, 6.07) is 2.67. The minimum atomic E-state index is -1.61. The highest BCUT2D eigenvalue weighted by Crippen LogP contribution is 2.40. The summed E-state index contributed by atoms with van der Waals surface area (Å²) < 4.78 is 57.3. The summed E-state index contributed by atoms with van der Waals surface area (Å²) in [4.78, 5) is 22.5. The van der Waals surface area contributed by atoms with E-state index in [9.17, 15) is 22.4 Å². The van der Waals surface area contributed by atoms with Crippen LogP contribution in [0.25, 0.3) is 11.3 Å². The van der Waals surface area contributed by atoms with Gasteiger partial charge in [-0.25, -0.2) is 27.5 Å². The molecule has 1 aliphatic heterocycles. The highest BCUT2D eigenvalue weighted by molar-refractivity contribution is 6.30. The van der Waals surface area contributed by atoms with Crippen molar-refractivity contribution in [2.75, 3.05) is 18.4 Å². The number of aromatic nitrogens is 3. The molecule has 3 heterocycles. The van der Waals surface area contributed by atoms with Crippen LogP contribution in [0.5, 0.6) is 0 Å². The summed E-state index contributed by atoms with van der Waals surface area (Å²) in [5.74, 6) is -4.75. The predicted molar refractivity (Wildman–Crippen MR) is 114 cm³/mol. The van der Waals surface area contributed by atoms with E-state index < -0.39 is 28.8 Å². The van der Waals surface area contributed by atoms with Gasteiger partial charge in [-0.3, -0.25) is 4.79 Å². The van der Waals surface area contributed by atoms with Crippen LogP contribution in [-0.2, 0) is 16.9 Å². The molecule has 0 bridgehead atoms. The van der Waals surface area contributed by atoms with Gasteiger partial charge in [-0.05, 0) is 26.0 Å². The number of hydrogen-bond acceptors (Lipinski definition) is 5. The lowest BCUT2D eigenvalue weighted by Crippen LogP contribution is -2.53. The van der Waals surface area contributed by atoms with Gasteiger partial charge >= 0.3 is 0 Å². The number of imidazole rings is 1. The molecule has 3 N–H and O–H groups in total. The molecule has 0 spiro atoms. The Morgan fingerprint density at radius 1 is 1.15 bits per heavy atom. The zero-order chi connectivity index (χ0) is 24.1. The van der Waals surface area contributed by atoms with Crippen molar-refractivity contribution in [3.05, 3.63) is 58.5 Å². The summed E-state index contributed by atoms with van der Waals surface area (Å²) in [6.07, 6.45) is 1.11. The van der Waals surface area contributed by atoms with E-state index in [1.54, 1.807) is 23.3 Å². The van der Waals surface area contributed by atoms with E-state index >= 15 is 0 Å². The minimum absolute atomic E-state index is 0.0576. The van der Waals surface area contributed by atoms with Crippen molar-refractivity contribution in [3.63, 3.8) is 0 Å². The lowest BCUT2D eigenvalue weighted by molar-refractivity contribution is -0.137. The van der Waals surface area contributed by atoms with Gasteiger partial charge in [0.1, 0.15) is 29.0 Å². The fraction of sp³-hybridized carbons (Fsp3) is 0.286. The molecule has 0 fully saturated rings. The van der Waals surface area contributed by atoms with Crippen LogP contribution in [0.15, 0.2) is 24.4 Å². The van der Waals surface area contributed by atoms with E-state index in [2.05, 4.69) is 15.3 Å². The smallest absolute Gasteiger partial charge is 0.237 e. The van der Waals surface area contributed by atoms with Gasteiger partial charge in [0.2, 0.25) is 5.91 Å². The minimum Gasteiger partial charge on any atom is -0.327 e. The Balaban J connectivity index is 1.91. The third-order valence-corrected chi connectivity index (χ3v) is 5.80. The molecule has 1 aliphatic rings. The van der Waals surface area contributed by atoms with E-state index in [4.69, 9.17) is 17.3 Å². The highest BCUT2D eigenvalue weighted by Gasteiger charge is 2.41. The molecule has 1 amide bonds. The van der Waals surface area contributed by atoms with Crippen LogP contribution in [-0.4, -0.2) is 38.4 Å². The maximum absolute atomic E-state index is 14.0. The molecule has 3 aromatic rings. The molecule has 174 valence electrons. The summed E-state index contributed by atoms with van der Waals surface area (Å²) in [5.41, 5.74) is 4.60. The van der Waals surface area contributed by atoms with Gasteiger partial charge in [0, 0.05) is 24.7 Å². The number of rotatable bonds is 4. The molecule has 33 heavy (non-hydrogen) atoms. The van der Waals surface area contributed by atoms with Crippen molar-refractivity contribution in [2.45, 2.75) is 25.9 Å². The molecule has 0 radical (unpaired) electrons. The molecule has 0 atom stereocenters. The number of amides is 1. The van der Waals surface area contributed by atoms with Gasteiger partial charge in [-0.15, -0.1) is 0 Å². The van der Waals surface area contributed by atoms with Crippen LogP contribution in [0.3, 0.4) is 0 Å². The van der Waals surface area contributed by atoms with E-state index in [-0.39, 0.29) is 53.5 Å². The molecule has 12 heteroatoms. The quantitative estimate of drug-likeness (QED) is 0.434. The monoisotopic (exact) mass is 482 g/mol. The van der Waals surface area contributed by atoms with Crippen molar-refractivity contribution < 1.29 is 22.4 Å². The first-order chi connectivity index (χ1) is 15.5. The third-order valence-electron chi connectivity index (χ3n) is 5.52. The van der Waals surface area contributed by atoms with Crippen molar-refractivity contribution in [3.8, 4) is 11.3 Å². The maximum Gasteiger partial charge on any atom is 0.237 e. The summed E-state index contributed by atoms with van der Waals surface area (Å²) in [6.45, 7) is 3.82. The molecule has 2 aromatic heterocycles. The molecular formula is C21H19ClF4N6O. The molecule has 1 aromatic carbocycles. The number of carbonyl (C=O) groups excluding carboxylic acids is 1. The Morgan fingerprint density at radius 3 is 2.42 bits per heavy atom. The lowest BCUT2D eigenvalue weighted by atomic mass is 9.99. The number of benzene rings is 1. The van der Waals surface area contributed by atoms with E-state index in [0.29, 0.717) is 5.82 Å². The number of pyridine rings is 1. The van der Waals surface area contributed by atoms with Crippen molar-refractivity contribution in [1.29, 1.82) is 0 Å². The van der Waals surface area contributed by atoms with Gasteiger partial charge in [0.25, 0.3) is 0 Å². The zero-order valence-electron chi connectivity index (χ0n) is 17.6. The first-order valence-electron chi connectivity index (χ1n) is 9.89. The highest BCUT2D eigenvalue weighted by atomic mass is 35.5. The standard InChI is InChI=1S/C21H19ClF4N6O/c1-21(2)20-30-18(10-5-13(24)17(26)14(25)6-10)19(29-15-7-12(23)11(22)9-28-15)31(20)3-4-32(21)16(33)8-27/h5-7,9H,3-4,8,27H2,1-2H3,(H,28,29). The SMILES string of the molecule is CC1(C)c2nc(-c3cc(F)c(F)c(F)c3)c(Nc3cc(F)c(Cl)cn3)n2CCN1C(=O)CN. The largest absolute Gasteiger partial charge is 0.327 e. The summed E-state index contributed by atoms with van der Waals surface area (Å²) in [7, 11) is 0. The van der Waals surface area contributed by atoms with Crippen LogP contribution in [0.2, 0.25) is 5.02 Å². The molecule has 0 saturated carbocycles. The van der Waals surface area contributed by atoms with Crippen molar-refractivity contribution in [2.24, 2.45) is 5.73 Å². The molecule has 4 rings (SSSR count). The average molecular weight is 483 g/mol. The number of hydrogen-bond donors (Lipinski definition) is 2. The number of halogens is 5. The molecule has 0 saturated heterocycles. The Labute approximate surface area is 191 Å².